The summed E-state index contributed by atoms with van der Waals surface area (Å²) in [6.45, 7) is 6.36. The van der Waals surface area contributed by atoms with E-state index < -0.39 is 11.6 Å². The molecule has 1 rings (SSSR count). The Morgan fingerprint density at radius 2 is 1.69 bits per heavy atom. The average molecular weight is 291 g/mol. The molecule has 0 aliphatic heterocycles. The first-order valence-electron chi connectivity index (χ1n) is 5.38. The third-order valence-electron chi connectivity index (χ3n) is 3.23. The van der Waals surface area contributed by atoms with Crippen molar-refractivity contribution < 1.29 is 8.78 Å². The highest BCUT2D eigenvalue weighted by Gasteiger charge is 2.27. The molecule has 3 heteroatoms. The van der Waals surface area contributed by atoms with Crippen molar-refractivity contribution in [1.29, 1.82) is 0 Å². The van der Waals surface area contributed by atoms with Crippen LogP contribution in [0.25, 0.3) is 0 Å². The SMILES string of the molecule is CC(C)C(C)(CBr)Cc1cc(F)cc(F)c1. The van der Waals surface area contributed by atoms with E-state index in [0.717, 1.165) is 11.4 Å². The maximum absolute atomic E-state index is 13.1. The number of alkyl halides is 1. The van der Waals surface area contributed by atoms with Gasteiger partial charge in [0.05, 0.1) is 0 Å². The van der Waals surface area contributed by atoms with Crippen LogP contribution in [0.5, 0.6) is 0 Å². The lowest BCUT2D eigenvalue weighted by atomic mass is 9.76. The van der Waals surface area contributed by atoms with Gasteiger partial charge in [0.25, 0.3) is 0 Å². The van der Waals surface area contributed by atoms with E-state index in [-0.39, 0.29) is 5.41 Å². The Balaban J connectivity index is 2.94. The molecule has 0 fully saturated rings. The summed E-state index contributed by atoms with van der Waals surface area (Å²) < 4.78 is 26.1. The Labute approximate surface area is 104 Å². The maximum Gasteiger partial charge on any atom is 0.126 e. The van der Waals surface area contributed by atoms with Crippen LogP contribution in [-0.4, -0.2) is 5.33 Å². The monoisotopic (exact) mass is 290 g/mol. The van der Waals surface area contributed by atoms with Crippen LogP contribution in [0, 0.1) is 23.0 Å². The molecular formula is C13H17BrF2. The zero-order valence-electron chi connectivity index (χ0n) is 9.86. The number of halogens is 3. The summed E-state index contributed by atoms with van der Waals surface area (Å²) in [4.78, 5) is 0. The van der Waals surface area contributed by atoms with Gasteiger partial charge in [-0.25, -0.2) is 8.78 Å². The van der Waals surface area contributed by atoms with Gasteiger partial charge >= 0.3 is 0 Å². The predicted octanol–water partition coefficient (Wildman–Crippen LogP) is 4.56. The van der Waals surface area contributed by atoms with Crippen molar-refractivity contribution in [2.24, 2.45) is 11.3 Å². The van der Waals surface area contributed by atoms with E-state index in [1.165, 1.54) is 12.1 Å². The molecule has 0 N–H and O–H groups in total. The summed E-state index contributed by atoms with van der Waals surface area (Å²) in [5, 5.41) is 0.815. The fourth-order valence-corrected chi connectivity index (χ4v) is 2.43. The molecule has 1 unspecified atom stereocenters. The van der Waals surface area contributed by atoms with Gasteiger partial charge in [-0.15, -0.1) is 0 Å². The average Bonchev–Trinajstić information content (AvgIpc) is 2.15. The standard InChI is InChI=1S/C13H17BrF2/c1-9(2)13(3,8-14)7-10-4-11(15)6-12(16)5-10/h4-6,9H,7-8H2,1-3H3. The lowest BCUT2D eigenvalue weighted by Gasteiger charge is -2.32. The number of hydrogen-bond acceptors (Lipinski definition) is 0. The summed E-state index contributed by atoms with van der Waals surface area (Å²) in [7, 11) is 0. The number of rotatable bonds is 4. The lowest BCUT2D eigenvalue weighted by molar-refractivity contribution is 0.257. The minimum atomic E-state index is -0.504. The van der Waals surface area contributed by atoms with Crippen molar-refractivity contribution in [2.45, 2.75) is 27.2 Å². The molecule has 0 aromatic heterocycles. The van der Waals surface area contributed by atoms with Gasteiger partial charge in [0.1, 0.15) is 11.6 Å². The zero-order chi connectivity index (χ0) is 12.3. The topological polar surface area (TPSA) is 0 Å². The molecule has 0 amide bonds. The van der Waals surface area contributed by atoms with E-state index in [9.17, 15) is 8.78 Å². The smallest absolute Gasteiger partial charge is 0.126 e. The van der Waals surface area contributed by atoms with E-state index in [1.807, 2.05) is 0 Å². The van der Waals surface area contributed by atoms with Crippen molar-refractivity contribution in [3.05, 3.63) is 35.4 Å². The summed E-state index contributed by atoms with van der Waals surface area (Å²) in [5.74, 6) is -0.565. The van der Waals surface area contributed by atoms with Crippen molar-refractivity contribution in [3.63, 3.8) is 0 Å². The van der Waals surface area contributed by atoms with Crippen LogP contribution in [0.1, 0.15) is 26.3 Å². The first-order chi connectivity index (χ1) is 7.37. The lowest BCUT2D eigenvalue weighted by Crippen LogP contribution is -2.28. The summed E-state index contributed by atoms with van der Waals surface area (Å²) in [6.07, 6.45) is 0.671. The molecule has 0 radical (unpaired) electrons. The first-order valence-corrected chi connectivity index (χ1v) is 6.50. The van der Waals surface area contributed by atoms with Gasteiger partial charge in [0.15, 0.2) is 0 Å². The third-order valence-corrected chi connectivity index (χ3v) is 4.51. The summed E-state index contributed by atoms with van der Waals surface area (Å²) in [5.41, 5.74) is 0.730. The Morgan fingerprint density at radius 3 is 2.06 bits per heavy atom. The number of benzene rings is 1. The van der Waals surface area contributed by atoms with Crippen molar-refractivity contribution in [1.82, 2.24) is 0 Å². The van der Waals surface area contributed by atoms with E-state index in [2.05, 4.69) is 36.7 Å². The van der Waals surface area contributed by atoms with Gasteiger partial charge in [0, 0.05) is 11.4 Å². The second-order valence-corrected chi connectivity index (χ2v) is 5.46. The minimum absolute atomic E-state index is 0.0141. The van der Waals surface area contributed by atoms with Gasteiger partial charge in [-0.2, -0.15) is 0 Å². The molecule has 0 saturated heterocycles. The van der Waals surface area contributed by atoms with E-state index >= 15 is 0 Å². The van der Waals surface area contributed by atoms with E-state index in [0.29, 0.717) is 17.9 Å². The quantitative estimate of drug-likeness (QED) is 0.713. The van der Waals surface area contributed by atoms with Gasteiger partial charge in [-0.1, -0.05) is 36.7 Å². The van der Waals surface area contributed by atoms with Crippen LogP contribution in [0.3, 0.4) is 0 Å². The second-order valence-electron chi connectivity index (χ2n) is 4.90. The molecule has 16 heavy (non-hydrogen) atoms. The van der Waals surface area contributed by atoms with Crippen molar-refractivity contribution in [3.8, 4) is 0 Å². The molecule has 0 saturated carbocycles. The highest BCUT2D eigenvalue weighted by molar-refractivity contribution is 9.09. The van der Waals surface area contributed by atoms with Gasteiger partial charge in [-0.3, -0.25) is 0 Å². The molecule has 0 spiro atoms. The Hall–Kier alpha value is -0.440. The molecule has 1 aromatic carbocycles. The Kier molecular flexibility index (Phi) is 4.48. The zero-order valence-corrected chi connectivity index (χ0v) is 11.4. The van der Waals surface area contributed by atoms with Crippen molar-refractivity contribution >= 4 is 15.9 Å². The Bertz CT molecular complexity index is 343. The second kappa shape index (κ2) is 5.26. The van der Waals surface area contributed by atoms with Crippen LogP contribution in [0.2, 0.25) is 0 Å². The summed E-state index contributed by atoms with van der Waals surface area (Å²) >= 11 is 3.48. The molecule has 0 bridgehead atoms. The van der Waals surface area contributed by atoms with Crippen LogP contribution in [0.4, 0.5) is 8.78 Å². The van der Waals surface area contributed by atoms with Crippen LogP contribution in [0.15, 0.2) is 18.2 Å². The van der Waals surface area contributed by atoms with Gasteiger partial charge < -0.3 is 0 Å². The van der Waals surface area contributed by atoms with Crippen LogP contribution < -0.4 is 0 Å². The molecule has 0 aliphatic rings. The molecule has 1 atom stereocenters. The molecule has 90 valence electrons. The van der Waals surface area contributed by atoms with Crippen LogP contribution >= 0.6 is 15.9 Å². The third kappa shape index (κ3) is 3.27. The minimum Gasteiger partial charge on any atom is -0.207 e. The summed E-state index contributed by atoms with van der Waals surface area (Å²) in [6, 6.07) is 3.73. The van der Waals surface area contributed by atoms with E-state index in [4.69, 9.17) is 0 Å². The number of hydrogen-bond donors (Lipinski definition) is 0. The highest BCUT2D eigenvalue weighted by Crippen LogP contribution is 2.33. The van der Waals surface area contributed by atoms with Gasteiger partial charge in [0.2, 0.25) is 0 Å². The Morgan fingerprint density at radius 1 is 1.19 bits per heavy atom. The van der Waals surface area contributed by atoms with Crippen molar-refractivity contribution in [2.75, 3.05) is 5.33 Å². The molecule has 0 aliphatic carbocycles. The first kappa shape index (κ1) is 13.6. The normalized spacial score (nSPS) is 15.2. The largest absolute Gasteiger partial charge is 0.207 e. The molecular weight excluding hydrogens is 274 g/mol. The fourth-order valence-electron chi connectivity index (χ4n) is 1.58. The predicted molar refractivity (Wildman–Crippen MR) is 66.8 cm³/mol. The fraction of sp³-hybridized carbons (Fsp3) is 0.538. The van der Waals surface area contributed by atoms with Crippen LogP contribution in [-0.2, 0) is 6.42 Å². The van der Waals surface area contributed by atoms with E-state index in [1.54, 1.807) is 0 Å². The molecule has 1 aromatic rings. The highest BCUT2D eigenvalue weighted by atomic mass is 79.9. The maximum atomic E-state index is 13.1. The molecule has 0 heterocycles. The van der Waals surface area contributed by atoms with Gasteiger partial charge in [-0.05, 0) is 35.4 Å². The molecule has 0 nitrogen and oxygen atoms in total.